The Labute approximate surface area is 123 Å². The highest BCUT2D eigenvalue weighted by molar-refractivity contribution is 6.30. The SMILES string of the molecule is CCC(C)(CC(=O)OC)NC(=O)Nc1ccc(Cl)cc1. The van der Waals surface area contributed by atoms with Crippen LogP contribution in [-0.2, 0) is 9.53 Å². The summed E-state index contributed by atoms with van der Waals surface area (Å²) < 4.78 is 4.64. The second-order valence-corrected chi connectivity index (χ2v) is 5.19. The Balaban J connectivity index is 2.63. The molecule has 6 heteroatoms. The molecule has 0 fully saturated rings. The summed E-state index contributed by atoms with van der Waals surface area (Å²) in [5.74, 6) is -0.360. The normalized spacial score (nSPS) is 13.2. The van der Waals surface area contributed by atoms with E-state index in [1.807, 2.05) is 6.92 Å². The van der Waals surface area contributed by atoms with E-state index in [1.54, 1.807) is 31.2 Å². The molecule has 2 N–H and O–H groups in total. The average molecular weight is 299 g/mol. The molecule has 0 aliphatic rings. The van der Waals surface area contributed by atoms with Crippen LogP contribution in [0.1, 0.15) is 26.7 Å². The molecule has 20 heavy (non-hydrogen) atoms. The molecule has 1 unspecified atom stereocenters. The molecule has 0 heterocycles. The molecule has 0 spiro atoms. The van der Waals surface area contributed by atoms with Crippen LogP contribution in [0.25, 0.3) is 0 Å². The van der Waals surface area contributed by atoms with Crippen LogP contribution >= 0.6 is 11.6 Å². The summed E-state index contributed by atoms with van der Waals surface area (Å²) >= 11 is 5.77. The Hall–Kier alpha value is -1.75. The van der Waals surface area contributed by atoms with Crippen LogP contribution in [0.3, 0.4) is 0 Å². The van der Waals surface area contributed by atoms with Gasteiger partial charge in [-0.1, -0.05) is 18.5 Å². The lowest BCUT2D eigenvalue weighted by Crippen LogP contribution is -2.48. The molecule has 1 rings (SSSR count). The number of rotatable bonds is 5. The van der Waals surface area contributed by atoms with Gasteiger partial charge in [0.25, 0.3) is 0 Å². The van der Waals surface area contributed by atoms with Gasteiger partial charge in [-0.3, -0.25) is 4.79 Å². The molecule has 5 nitrogen and oxygen atoms in total. The number of carbonyl (C=O) groups is 2. The lowest BCUT2D eigenvalue weighted by Gasteiger charge is -2.28. The van der Waals surface area contributed by atoms with Gasteiger partial charge in [-0.05, 0) is 37.6 Å². The van der Waals surface area contributed by atoms with Crippen molar-refractivity contribution >= 4 is 29.3 Å². The number of carbonyl (C=O) groups excluding carboxylic acids is 2. The fraction of sp³-hybridized carbons (Fsp3) is 0.429. The van der Waals surface area contributed by atoms with E-state index < -0.39 is 5.54 Å². The zero-order valence-electron chi connectivity index (χ0n) is 11.8. The van der Waals surface area contributed by atoms with E-state index in [4.69, 9.17) is 11.6 Å². The van der Waals surface area contributed by atoms with E-state index >= 15 is 0 Å². The highest BCUT2D eigenvalue weighted by atomic mass is 35.5. The van der Waals surface area contributed by atoms with Crippen LogP contribution in [0.2, 0.25) is 5.02 Å². The minimum absolute atomic E-state index is 0.119. The van der Waals surface area contributed by atoms with Gasteiger partial charge in [-0.2, -0.15) is 0 Å². The number of hydrogen-bond donors (Lipinski definition) is 2. The largest absolute Gasteiger partial charge is 0.469 e. The highest BCUT2D eigenvalue weighted by Gasteiger charge is 2.28. The Bertz CT molecular complexity index is 476. The number of amides is 2. The molecule has 0 saturated carbocycles. The van der Waals surface area contributed by atoms with Crippen LogP contribution in [0.4, 0.5) is 10.5 Å². The summed E-state index contributed by atoms with van der Waals surface area (Å²) in [6, 6.07) is 6.40. The zero-order chi connectivity index (χ0) is 15.2. The molecule has 0 bridgehead atoms. The first-order chi connectivity index (χ1) is 9.38. The topological polar surface area (TPSA) is 67.4 Å². The number of esters is 1. The fourth-order valence-electron chi connectivity index (χ4n) is 1.62. The molecule has 0 aliphatic heterocycles. The zero-order valence-corrected chi connectivity index (χ0v) is 12.6. The predicted molar refractivity (Wildman–Crippen MR) is 78.9 cm³/mol. The van der Waals surface area contributed by atoms with Crippen LogP contribution in [0.5, 0.6) is 0 Å². The molecule has 0 radical (unpaired) electrons. The maximum absolute atomic E-state index is 11.9. The molecule has 1 aromatic rings. The number of methoxy groups -OCH3 is 1. The number of anilines is 1. The van der Waals surface area contributed by atoms with Crippen molar-refractivity contribution < 1.29 is 14.3 Å². The van der Waals surface area contributed by atoms with E-state index in [2.05, 4.69) is 15.4 Å². The van der Waals surface area contributed by atoms with Gasteiger partial charge in [0.2, 0.25) is 0 Å². The molecule has 0 aromatic heterocycles. The highest BCUT2D eigenvalue weighted by Crippen LogP contribution is 2.17. The standard InChI is InChI=1S/C14H19ClN2O3/c1-4-14(2,9-12(18)20-3)17-13(19)16-11-7-5-10(15)6-8-11/h5-8H,4,9H2,1-3H3,(H2,16,17,19). The molecule has 1 atom stereocenters. The van der Waals surface area contributed by atoms with Gasteiger partial charge < -0.3 is 15.4 Å². The lowest BCUT2D eigenvalue weighted by molar-refractivity contribution is -0.142. The quantitative estimate of drug-likeness (QED) is 0.820. The molecular formula is C14H19ClN2O3. The van der Waals surface area contributed by atoms with Gasteiger partial charge in [-0.15, -0.1) is 0 Å². The average Bonchev–Trinajstić information content (AvgIpc) is 2.41. The van der Waals surface area contributed by atoms with Crippen molar-refractivity contribution in [3.05, 3.63) is 29.3 Å². The Kier molecular flexibility index (Phi) is 5.82. The van der Waals surface area contributed by atoms with E-state index in [1.165, 1.54) is 7.11 Å². The van der Waals surface area contributed by atoms with E-state index in [9.17, 15) is 9.59 Å². The van der Waals surface area contributed by atoms with Crippen LogP contribution < -0.4 is 10.6 Å². The van der Waals surface area contributed by atoms with Crippen molar-refractivity contribution in [3.63, 3.8) is 0 Å². The predicted octanol–water partition coefficient (Wildman–Crippen LogP) is 3.19. The van der Waals surface area contributed by atoms with Crippen LogP contribution in [-0.4, -0.2) is 24.6 Å². The van der Waals surface area contributed by atoms with E-state index in [0.717, 1.165) is 0 Å². The Morgan fingerprint density at radius 1 is 1.30 bits per heavy atom. The summed E-state index contributed by atoms with van der Waals surface area (Å²) in [5.41, 5.74) is -0.0210. The summed E-state index contributed by atoms with van der Waals surface area (Å²) in [4.78, 5) is 23.3. The second kappa shape index (κ2) is 7.14. The van der Waals surface area contributed by atoms with Crippen molar-refractivity contribution in [2.45, 2.75) is 32.2 Å². The molecule has 0 saturated heterocycles. The van der Waals surface area contributed by atoms with E-state index in [-0.39, 0.29) is 18.4 Å². The third kappa shape index (κ3) is 5.09. The summed E-state index contributed by atoms with van der Waals surface area (Å²) in [7, 11) is 1.33. The van der Waals surface area contributed by atoms with Crippen molar-refractivity contribution in [1.82, 2.24) is 5.32 Å². The number of halogens is 1. The smallest absolute Gasteiger partial charge is 0.319 e. The lowest BCUT2D eigenvalue weighted by atomic mass is 9.95. The third-order valence-electron chi connectivity index (χ3n) is 3.06. The van der Waals surface area contributed by atoms with Gasteiger partial charge >= 0.3 is 12.0 Å². The van der Waals surface area contributed by atoms with Gasteiger partial charge in [0.1, 0.15) is 0 Å². The van der Waals surface area contributed by atoms with E-state index in [0.29, 0.717) is 17.1 Å². The first-order valence-electron chi connectivity index (χ1n) is 6.30. The van der Waals surface area contributed by atoms with Gasteiger partial charge in [-0.25, -0.2) is 4.79 Å². The molecule has 2 amide bonds. The molecule has 110 valence electrons. The minimum atomic E-state index is -0.649. The summed E-state index contributed by atoms with van der Waals surface area (Å²) in [6.07, 6.45) is 0.726. The Morgan fingerprint density at radius 2 is 1.90 bits per heavy atom. The maximum Gasteiger partial charge on any atom is 0.319 e. The molecular weight excluding hydrogens is 280 g/mol. The first kappa shape index (κ1) is 16.3. The van der Waals surface area contributed by atoms with Crippen LogP contribution in [0.15, 0.2) is 24.3 Å². The molecule has 1 aromatic carbocycles. The fourth-order valence-corrected chi connectivity index (χ4v) is 1.74. The number of ether oxygens (including phenoxy) is 1. The number of nitrogens with one attached hydrogen (secondary N) is 2. The number of hydrogen-bond acceptors (Lipinski definition) is 3. The Morgan fingerprint density at radius 3 is 2.40 bits per heavy atom. The van der Waals surface area contributed by atoms with Crippen LogP contribution in [0, 0.1) is 0 Å². The third-order valence-corrected chi connectivity index (χ3v) is 3.31. The van der Waals surface area contributed by atoms with Gasteiger partial charge in [0.05, 0.1) is 13.5 Å². The van der Waals surface area contributed by atoms with Crippen molar-refractivity contribution in [2.75, 3.05) is 12.4 Å². The van der Waals surface area contributed by atoms with Crippen molar-refractivity contribution in [3.8, 4) is 0 Å². The van der Waals surface area contributed by atoms with Gasteiger partial charge in [0.15, 0.2) is 0 Å². The molecule has 0 aliphatic carbocycles. The number of benzene rings is 1. The first-order valence-corrected chi connectivity index (χ1v) is 6.68. The van der Waals surface area contributed by atoms with Gasteiger partial charge in [0, 0.05) is 16.2 Å². The summed E-state index contributed by atoms with van der Waals surface area (Å²) in [6.45, 7) is 3.69. The maximum atomic E-state index is 11.9. The summed E-state index contributed by atoms with van der Waals surface area (Å²) in [5, 5.41) is 6.07. The minimum Gasteiger partial charge on any atom is -0.469 e. The van der Waals surface area contributed by atoms with Crippen molar-refractivity contribution in [2.24, 2.45) is 0 Å². The second-order valence-electron chi connectivity index (χ2n) is 4.75. The number of urea groups is 1. The monoisotopic (exact) mass is 298 g/mol. The van der Waals surface area contributed by atoms with Crippen molar-refractivity contribution in [1.29, 1.82) is 0 Å².